The minimum Gasteiger partial charge on any atom is -0.481 e. The second-order valence-corrected chi connectivity index (χ2v) is 14.5. The standard InChI is InChI=1S/C30H48O2/c1-19(2)20-9-12-24-27(20,5)17-18-28(6)21-10-11-23-26(3,4)14-8-15-30(23,25(31)32)22(21)13-16-29(24,28)7/h13,19-21,23-24H,8-12,14-18H2,1-7H3,(H,31,32)/t20-,21+,23+,24-,27-,28-,29+,30+/m1/s1. The van der Waals surface area contributed by atoms with E-state index in [-0.39, 0.29) is 10.8 Å². The lowest BCUT2D eigenvalue weighted by atomic mass is 9.35. The van der Waals surface area contributed by atoms with Crippen molar-refractivity contribution in [1.29, 1.82) is 0 Å². The molecular weight excluding hydrogens is 392 g/mol. The van der Waals surface area contributed by atoms with Crippen LogP contribution in [0.3, 0.4) is 0 Å². The van der Waals surface area contributed by atoms with E-state index < -0.39 is 11.4 Å². The molecule has 32 heavy (non-hydrogen) atoms. The topological polar surface area (TPSA) is 37.3 Å². The molecule has 2 nitrogen and oxygen atoms in total. The number of aliphatic carboxylic acids is 1. The van der Waals surface area contributed by atoms with Gasteiger partial charge in [0.2, 0.25) is 0 Å². The SMILES string of the molecule is CC(C)[C@H]1CC[C@@H]2[C@]1(C)CC[C@]1(C)[C@H]3CC[C@H]4C(C)(C)CCC[C@]4(C(=O)O)C3=CC[C@@]21C. The van der Waals surface area contributed by atoms with E-state index in [0.717, 1.165) is 43.4 Å². The molecule has 0 bridgehead atoms. The zero-order valence-corrected chi connectivity index (χ0v) is 21.9. The quantitative estimate of drug-likeness (QED) is 0.440. The van der Waals surface area contributed by atoms with E-state index in [1.807, 2.05) is 0 Å². The first-order valence-electron chi connectivity index (χ1n) is 13.8. The lowest BCUT2D eigenvalue weighted by Crippen LogP contribution is -2.62. The maximum Gasteiger partial charge on any atom is 0.314 e. The number of allylic oxidation sites excluding steroid dienone is 1. The van der Waals surface area contributed by atoms with Crippen molar-refractivity contribution in [2.75, 3.05) is 0 Å². The van der Waals surface area contributed by atoms with E-state index in [2.05, 4.69) is 54.5 Å². The molecule has 1 N–H and O–H groups in total. The van der Waals surface area contributed by atoms with E-state index in [9.17, 15) is 9.90 Å². The van der Waals surface area contributed by atoms with Crippen molar-refractivity contribution >= 4 is 5.97 Å². The fraction of sp³-hybridized carbons (Fsp3) is 0.900. The number of hydrogen-bond donors (Lipinski definition) is 1. The smallest absolute Gasteiger partial charge is 0.314 e. The van der Waals surface area contributed by atoms with Gasteiger partial charge in [-0.3, -0.25) is 4.79 Å². The van der Waals surface area contributed by atoms with Crippen LogP contribution >= 0.6 is 0 Å². The Morgan fingerprint density at radius 2 is 1.59 bits per heavy atom. The van der Waals surface area contributed by atoms with E-state index in [1.165, 1.54) is 44.1 Å². The second-order valence-electron chi connectivity index (χ2n) is 14.5. The molecule has 0 aromatic carbocycles. The van der Waals surface area contributed by atoms with E-state index >= 15 is 0 Å². The van der Waals surface area contributed by atoms with Crippen LogP contribution in [0, 0.1) is 56.7 Å². The molecule has 5 aliphatic carbocycles. The van der Waals surface area contributed by atoms with Crippen molar-refractivity contribution in [2.24, 2.45) is 56.7 Å². The third kappa shape index (κ3) is 2.56. The molecule has 0 radical (unpaired) electrons. The maximum atomic E-state index is 13.1. The largest absolute Gasteiger partial charge is 0.481 e. The van der Waals surface area contributed by atoms with Crippen molar-refractivity contribution in [1.82, 2.24) is 0 Å². The van der Waals surface area contributed by atoms with Crippen LogP contribution < -0.4 is 0 Å². The maximum absolute atomic E-state index is 13.1. The summed E-state index contributed by atoms with van der Waals surface area (Å²) in [5, 5.41) is 10.8. The summed E-state index contributed by atoms with van der Waals surface area (Å²) in [5.74, 6) is 2.63. The third-order valence-electron chi connectivity index (χ3n) is 12.9. The molecule has 0 aromatic rings. The van der Waals surface area contributed by atoms with Crippen molar-refractivity contribution in [3.63, 3.8) is 0 Å². The predicted molar refractivity (Wildman–Crippen MR) is 131 cm³/mol. The molecule has 0 amide bonds. The predicted octanol–water partition coefficient (Wildman–Crippen LogP) is 8.12. The Labute approximate surface area is 197 Å². The summed E-state index contributed by atoms with van der Waals surface area (Å²) in [6, 6.07) is 0. The number of carbonyl (C=O) groups is 1. The summed E-state index contributed by atoms with van der Waals surface area (Å²) < 4.78 is 0. The molecule has 0 aromatic heterocycles. The normalized spacial score (nSPS) is 51.8. The van der Waals surface area contributed by atoms with Gasteiger partial charge in [-0.1, -0.05) is 66.5 Å². The first-order chi connectivity index (χ1) is 14.8. The number of rotatable bonds is 2. The molecule has 180 valence electrons. The molecule has 5 rings (SSSR count). The van der Waals surface area contributed by atoms with Crippen LogP contribution in [0.5, 0.6) is 0 Å². The van der Waals surface area contributed by atoms with Crippen LogP contribution in [0.15, 0.2) is 11.6 Å². The average molecular weight is 441 g/mol. The van der Waals surface area contributed by atoms with Gasteiger partial charge in [-0.25, -0.2) is 0 Å². The highest BCUT2D eigenvalue weighted by atomic mass is 16.4. The molecule has 0 unspecified atom stereocenters. The molecular formula is C30H48O2. The molecule has 0 spiro atoms. The van der Waals surface area contributed by atoms with Gasteiger partial charge in [0.25, 0.3) is 0 Å². The highest BCUT2D eigenvalue weighted by Gasteiger charge is 2.69. The summed E-state index contributed by atoms with van der Waals surface area (Å²) in [6.45, 7) is 17.4. The molecule has 8 atom stereocenters. The monoisotopic (exact) mass is 440 g/mol. The minimum absolute atomic E-state index is 0.130. The van der Waals surface area contributed by atoms with Crippen LogP contribution in [0.2, 0.25) is 0 Å². The lowest BCUT2D eigenvalue weighted by molar-refractivity contribution is -0.175. The second kappa shape index (κ2) is 6.88. The summed E-state index contributed by atoms with van der Waals surface area (Å²) in [7, 11) is 0. The molecule has 4 saturated carbocycles. The molecule has 2 heteroatoms. The van der Waals surface area contributed by atoms with Gasteiger partial charge in [0.1, 0.15) is 0 Å². The number of carboxylic acids is 1. The van der Waals surface area contributed by atoms with E-state index in [4.69, 9.17) is 0 Å². The van der Waals surface area contributed by atoms with Crippen LogP contribution in [0.4, 0.5) is 0 Å². The molecule has 4 fully saturated rings. The first kappa shape index (κ1) is 23.0. The van der Waals surface area contributed by atoms with Crippen LogP contribution in [0.1, 0.15) is 113 Å². The highest BCUT2D eigenvalue weighted by Crippen LogP contribution is 2.76. The van der Waals surface area contributed by atoms with Gasteiger partial charge >= 0.3 is 5.97 Å². The van der Waals surface area contributed by atoms with E-state index in [1.54, 1.807) is 0 Å². The van der Waals surface area contributed by atoms with Gasteiger partial charge < -0.3 is 5.11 Å². The van der Waals surface area contributed by atoms with Gasteiger partial charge in [-0.05, 0) is 109 Å². The average Bonchev–Trinajstić information content (AvgIpc) is 3.07. The summed E-state index contributed by atoms with van der Waals surface area (Å²) in [5.41, 5.74) is 1.90. The van der Waals surface area contributed by atoms with Crippen molar-refractivity contribution in [3.8, 4) is 0 Å². The van der Waals surface area contributed by atoms with Gasteiger partial charge in [0.15, 0.2) is 0 Å². The Balaban J connectivity index is 1.61. The lowest BCUT2D eigenvalue weighted by Gasteiger charge is -2.68. The Hall–Kier alpha value is -0.790. The molecule has 0 aliphatic heterocycles. The van der Waals surface area contributed by atoms with Gasteiger partial charge in [0.05, 0.1) is 5.41 Å². The third-order valence-corrected chi connectivity index (χ3v) is 12.9. The minimum atomic E-state index is -0.605. The first-order valence-corrected chi connectivity index (χ1v) is 13.8. The summed E-state index contributed by atoms with van der Waals surface area (Å²) in [4.78, 5) is 13.1. The number of hydrogen-bond acceptors (Lipinski definition) is 1. The Morgan fingerprint density at radius 3 is 2.25 bits per heavy atom. The van der Waals surface area contributed by atoms with Crippen LogP contribution in [-0.4, -0.2) is 11.1 Å². The van der Waals surface area contributed by atoms with Crippen LogP contribution in [0.25, 0.3) is 0 Å². The van der Waals surface area contributed by atoms with Crippen molar-refractivity contribution in [3.05, 3.63) is 11.6 Å². The van der Waals surface area contributed by atoms with Gasteiger partial charge in [0, 0.05) is 0 Å². The molecule has 0 saturated heterocycles. The summed E-state index contributed by atoms with van der Waals surface area (Å²) in [6.07, 6.45) is 14.4. The summed E-state index contributed by atoms with van der Waals surface area (Å²) >= 11 is 0. The zero-order valence-electron chi connectivity index (χ0n) is 21.9. The Kier molecular flexibility index (Phi) is 4.94. The van der Waals surface area contributed by atoms with E-state index in [0.29, 0.717) is 22.7 Å². The highest BCUT2D eigenvalue weighted by molar-refractivity contribution is 5.80. The molecule has 0 heterocycles. The molecule has 5 aliphatic rings. The zero-order chi connectivity index (χ0) is 23.3. The Morgan fingerprint density at radius 1 is 0.906 bits per heavy atom. The number of carboxylic acid groups (broad SMARTS) is 1. The van der Waals surface area contributed by atoms with Gasteiger partial charge in [-0.15, -0.1) is 0 Å². The van der Waals surface area contributed by atoms with Gasteiger partial charge in [-0.2, -0.15) is 0 Å². The fourth-order valence-corrected chi connectivity index (χ4v) is 11.2. The van der Waals surface area contributed by atoms with Crippen molar-refractivity contribution in [2.45, 2.75) is 113 Å². The fourth-order valence-electron chi connectivity index (χ4n) is 11.2. The van der Waals surface area contributed by atoms with Crippen LogP contribution in [-0.2, 0) is 4.79 Å². The Bertz CT molecular complexity index is 838. The van der Waals surface area contributed by atoms with Crippen molar-refractivity contribution < 1.29 is 9.90 Å². The number of fused-ring (bicyclic) bond motifs is 7.